The van der Waals surface area contributed by atoms with Crippen molar-refractivity contribution in [3.63, 3.8) is 0 Å². The molecule has 0 aliphatic carbocycles. The summed E-state index contributed by atoms with van der Waals surface area (Å²) < 4.78 is 0. The standard InChI is InChI=1S/C21H18ClN3O2S/c1-13-5-3-4-6-14(13)11-18-20(27)25(16-9-7-15(22)8-10-16)21(28-18)17(12-23)19(26)24-2/h3-10,18H,11H2,1-2H3,(H,24,26)/b21-17+/t18-/m0/s1. The molecule has 2 aromatic rings. The summed E-state index contributed by atoms with van der Waals surface area (Å²) in [7, 11) is 1.46. The number of likely N-dealkylation sites (N-methyl/N-ethyl adjacent to an activating group) is 1. The zero-order chi connectivity index (χ0) is 20.3. The molecular weight excluding hydrogens is 394 g/mol. The minimum atomic E-state index is -0.520. The second-order valence-electron chi connectivity index (χ2n) is 6.26. The van der Waals surface area contributed by atoms with E-state index in [0.29, 0.717) is 22.2 Å². The third-order valence-electron chi connectivity index (χ3n) is 4.48. The van der Waals surface area contributed by atoms with E-state index in [1.54, 1.807) is 24.3 Å². The van der Waals surface area contributed by atoms with E-state index >= 15 is 0 Å². The minimum absolute atomic E-state index is 0.0805. The molecule has 2 aromatic carbocycles. The number of rotatable bonds is 4. The van der Waals surface area contributed by atoms with Gasteiger partial charge in [-0.05, 0) is 48.7 Å². The smallest absolute Gasteiger partial charge is 0.264 e. The topological polar surface area (TPSA) is 73.2 Å². The van der Waals surface area contributed by atoms with Gasteiger partial charge in [-0.25, -0.2) is 0 Å². The Bertz CT molecular complexity index is 995. The van der Waals surface area contributed by atoms with Gasteiger partial charge in [0, 0.05) is 17.8 Å². The van der Waals surface area contributed by atoms with Crippen LogP contribution in [0.4, 0.5) is 5.69 Å². The summed E-state index contributed by atoms with van der Waals surface area (Å²) in [5, 5.41) is 12.5. The Kier molecular flexibility index (Phi) is 6.08. The molecule has 0 saturated carbocycles. The Labute approximate surface area is 173 Å². The Hall–Kier alpha value is -2.75. The quantitative estimate of drug-likeness (QED) is 0.613. The molecule has 0 radical (unpaired) electrons. The number of nitrogens with zero attached hydrogens (tertiary/aromatic N) is 2. The van der Waals surface area contributed by atoms with Crippen molar-refractivity contribution < 1.29 is 9.59 Å². The van der Waals surface area contributed by atoms with E-state index in [0.717, 1.165) is 11.1 Å². The summed E-state index contributed by atoms with van der Waals surface area (Å²) in [5.74, 6) is -0.685. The van der Waals surface area contributed by atoms with Crippen LogP contribution in [0.5, 0.6) is 0 Å². The molecule has 1 aliphatic heterocycles. The number of nitriles is 1. The van der Waals surface area contributed by atoms with Crippen LogP contribution in [0.25, 0.3) is 0 Å². The molecule has 3 rings (SSSR count). The number of thioether (sulfide) groups is 1. The van der Waals surface area contributed by atoms with Gasteiger partial charge in [-0.2, -0.15) is 5.26 Å². The monoisotopic (exact) mass is 411 g/mol. The summed E-state index contributed by atoms with van der Waals surface area (Å²) >= 11 is 7.22. The zero-order valence-electron chi connectivity index (χ0n) is 15.4. The number of aryl methyl sites for hydroxylation is 1. The third-order valence-corrected chi connectivity index (χ3v) is 6.00. The van der Waals surface area contributed by atoms with E-state index in [1.165, 1.54) is 23.7 Å². The highest BCUT2D eigenvalue weighted by Crippen LogP contribution is 2.42. The molecule has 2 amide bonds. The Morgan fingerprint density at radius 1 is 1.25 bits per heavy atom. The molecule has 0 unspecified atom stereocenters. The largest absolute Gasteiger partial charge is 0.354 e. The number of carbonyl (C=O) groups excluding carboxylic acids is 2. The Morgan fingerprint density at radius 3 is 2.54 bits per heavy atom. The van der Waals surface area contributed by atoms with Crippen LogP contribution in [0, 0.1) is 18.3 Å². The summed E-state index contributed by atoms with van der Waals surface area (Å²) in [5.41, 5.74) is 2.64. The van der Waals surface area contributed by atoms with Crippen molar-refractivity contribution in [2.45, 2.75) is 18.6 Å². The fraction of sp³-hybridized carbons (Fsp3) is 0.190. The fourth-order valence-electron chi connectivity index (χ4n) is 2.98. The van der Waals surface area contributed by atoms with Gasteiger partial charge in [0.2, 0.25) is 5.91 Å². The molecular formula is C21H18ClN3O2S. The van der Waals surface area contributed by atoms with E-state index in [-0.39, 0.29) is 11.5 Å². The maximum atomic E-state index is 13.2. The van der Waals surface area contributed by atoms with Crippen LogP contribution in [0.2, 0.25) is 5.02 Å². The number of amides is 2. The molecule has 1 aliphatic rings. The third kappa shape index (κ3) is 3.91. The molecule has 0 bridgehead atoms. The fourth-order valence-corrected chi connectivity index (χ4v) is 4.40. The minimum Gasteiger partial charge on any atom is -0.354 e. The lowest BCUT2D eigenvalue weighted by Crippen LogP contribution is -2.31. The maximum absolute atomic E-state index is 13.2. The molecule has 28 heavy (non-hydrogen) atoms. The highest BCUT2D eigenvalue weighted by Gasteiger charge is 2.40. The van der Waals surface area contributed by atoms with Crippen LogP contribution < -0.4 is 10.2 Å². The molecule has 0 aromatic heterocycles. The van der Waals surface area contributed by atoms with Gasteiger partial charge in [0.05, 0.1) is 5.25 Å². The first-order valence-corrected chi connectivity index (χ1v) is 9.89. The van der Waals surface area contributed by atoms with Crippen molar-refractivity contribution in [1.82, 2.24) is 5.32 Å². The number of benzene rings is 2. The molecule has 1 N–H and O–H groups in total. The lowest BCUT2D eigenvalue weighted by atomic mass is 10.0. The average Bonchev–Trinajstić information content (AvgIpc) is 3.01. The second-order valence-corrected chi connectivity index (χ2v) is 7.89. The Morgan fingerprint density at radius 2 is 1.93 bits per heavy atom. The lowest BCUT2D eigenvalue weighted by Gasteiger charge is -2.18. The van der Waals surface area contributed by atoms with Gasteiger partial charge in [0.1, 0.15) is 16.7 Å². The number of anilines is 1. The number of hydrogen-bond donors (Lipinski definition) is 1. The van der Waals surface area contributed by atoms with Crippen molar-refractivity contribution in [3.8, 4) is 6.07 Å². The molecule has 7 heteroatoms. The molecule has 1 heterocycles. The van der Waals surface area contributed by atoms with E-state index in [2.05, 4.69) is 5.32 Å². The zero-order valence-corrected chi connectivity index (χ0v) is 17.0. The van der Waals surface area contributed by atoms with E-state index in [1.807, 2.05) is 37.3 Å². The first kappa shape index (κ1) is 20.0. The van der Waals surface area contributed by atoms with Gasteiger partial charge in [-0.3, -0.25) is 14.5 Å². The number of hydrogen-bond acceptors (Lipinski definition) is 4. The molecule has 5 nitrogen and oxygen atoms in total. The SMILES string of the molecule is CNC(=O)/C(C#N)=C1/S[C@@H](Cc2ccccc2C)C(=O)N1c1ccc(Cl)cc1. The molecule has 1 saturated heterocycles. The first-order chi connectivity index (χ1) is 13.5. The van der Waals surface area contributed by atoms with E-state index in [4.69, 9.17) is 11.6 Å². The summed E-state index contributed by atoms with van der Waals surface area (Å²) in [6.45, 7) is 2.00. The van der Waals surface area contributed by atoms with Crippen molar-refractivity contribution in [2.75, 3.05) is 11.9 Å². The summed E-state index contributed by atoms with van der Waals surface area (Å²) in [4.78, 5) is 26.9. The van der Waals surface area contributed by atoms with Crippen LogP contribution in [0.1, 0.15) is 11.1 Å². The lowest BCUT2D eigenvalue weighted by molar-refractivity contribution is -0.117. The highest BCUT2D eigenvalue weighted by molar-refractivity contribution is 8.05. The molecule has 0 spiro atoms. The maximum Gasteiger partial charge on any atom is 0.264 e. The van der Waals surface area contributed by atoms with E-state index in [9.17, 15) is 14.9 Å². The predicted octanol–water partition coefficient (Wildman–Crippen LogP) is 3.82. The highest BCUT2D eigenvalue weighted by atomic mass is 35.5. The summed E-state index contributed by atoms with van der Waals surface area (Å²) in [6, 6.07) is 16.6. The van der Waals surface area contributed by atoms with Gasteiger partial charge in [-0.15, -0.1) is 0 Å². The van der Waals surface area contributed by atoms with Crippen molar-refractivity contribution in [3.05, 3.63) is 75.3 Å². The van der Waals surface area contributed by atoms with Crippen molar-refractivity contribution >= 4 is 40.9 Å². The predicted molar refractivity (Wildman–Crippen MR) is 112 cm³/mol. The van der Waals surface area contributed by atoms with E-state index < -0.39 is 11.2 Å². The molecule has 142 valence electrons. The van der Waals surface area contributed by atoms with Gasteiger partial charge in [0.25, 0.3) is 5.91 Å². The molecule has 1 atom stereocenters. The normalized spacial score (nSPS) is 18.0. The van der Waals surface area contributed by atoms with Crippen LogP contribution in [-0.4, -0.2) is 24.1 Å². The average molecular weight is 412 g/mol. The van der Waals surface area contributed by atoms with Crippen LogP contribution in [0.15, 0.2) is 59.1 Å². The van der Waals surface area contributed by atoms with Gasteiger partial charge in [0.15, 0.2) is 0 Å². The molecule has 1 fully saturated rings. The first-order valence-electron chi connectivity index (χ1n) is 8.63. The number of nitrogens with one attached hydrogen (secondary N) is 1. The second kappa shape index (κ2) is 8.51. The van der Waals surface area contributed by atoms with Crippen molar-refractivity contribution in [1.29, 1.82) is 5.26 Å². The van der Waals surface area contributed by atoms with Crippen molar-refractivity contribution in [2.24, 2.45) is 0 Å². The van der Waals surface area contributed by atoms with Crippen LogP contribution >= 0.6 is 23.4 Å². The Balaban J connectivity index is 2.06. The van der Waals surface area contributed by atoms with Gasteiger partial charge >= 0.3 is 0 Å². The van der Waals surface area contributed by atoms with Gasteiger partial charge in [-0.1, -0.05) is 47.6 Å². The summed E-state index contributed by atoms with van der Waals surface area (Å²) in [6.07, 6.45) is 0.510. The number of carbonyl (C=O) groups is 2. The van der Waals surface area contributed by atoms with Gasteiger partial charge < -0.3 is 5.32 Å². The van der Waals surface area contributed by atoms with Crippen LogP contribution in [-0.2, 0) is 16.0 Å². The van der Waals surface area contributed by atoms with Crippen LogP contribution in [0.3, 0.4) is 0 Å². The number of halogens is 1.